The molecule has 1 saturated heterocycles. The van der Waals surface area contributed by atoms with Crippen LogP contribution < -0.4 is 0 Å². The fourth-order valence-electron chi connectivity index (χ4n) is 1.77. The zero-order chi connectivity index (χ0) is 13.1. The predicted molar refractivity (Wildman–Crippen MR) is 62.2 cm³/mol. The number of hydrogen-bond donors (Lipinski definition) is 0. The summed E-state index contributed by atoms with van der Waals surface area (Å²) in [5, 5.41) is 0. The monoisotopic (exact) mass is 241 g/mol. The van der Waals surface area contributed by atoms with Crippen LogP contribution in [0.25, 0.3) is 0 Å². The Hall–Kier alpha value is -1.52. The van der Waals surface area contributed by atoms with Crippen LogP contribution in [0.4, 0.5) is 4.79 Å². The van der Waals surface area contributed by atoms with Crippen LogP contribution in [-0.4, -0.2) is 35.8 Å². The molecule has 0 bridgehead atoms. The van der Waals surface area contributed by atoms with Crippen molar-refractivity contribution < 1.29 is 19.1 Å². The van der Waals surface area contributed by atoms with E-state index in [0.29, 0.717) is 13.0 Å². The average Bonchev–Trinajstić information content (AvgIpc) is 2.59. The van der Waals surface area contributed by atoms with E-state index >= 15 is 0 Å². The fourth-order valence-corrected chi connectivity index (χ4v) is 1.77. The van der Waals surface area contributed by atoms with E-state index in [1.165, 1.54) is 4.90 Å². The second-order valence-electron chi connectivity index (χ2n) is 4.98. The zero-order valence-electron chi connectivity index (χ0n) is 10.5. The van der Waals surface area contributed by atoms with E-state index in [-0.39, 0.29) is 5.92 Å². The van der Waals surface area contributed by atoms with Gasteiger partial charge in [0, 0.05) is 12.5 Å². The topological polar surface area (TPSA) is 55.8 Å². The molecule has 0 aromatic carbocycles. The van der Waals surface area contributed by atoms with E-state index in [4.69, 9.17) is 9.47 Å². The van der Waals surface area contributed by atoms with Crippen LogP contribution in [-0.2, 0) is 14.3 Å². The molecule has 0 unspecified atom stereocenters. The Balaban J connectivity index is 2.72. The van der Waals surface area contributed by atoms with E-state index in [9.17, 15) is 9.59 Å². The normalized spacial score (nSPS) is 24.3. The Morgan fingerprint density at radius 2 is 2.12 bits per heavy atom. The van der Waals surface area contributed by atoms with Crippen molar-refractivity contribution in [2.45, 2.75) is 39.0 Å². The number of hydrogen-bond acceptors (Lipinski definition) is 4. The van der Waals surface area contributed by atoms with Crippen molar-refractivity contribution in [1.29, 1.82) is 0 Å². The average molecular weight is 241 g/mol. The Labute approximate surface area is 101 Å². The molecule has 1 rings (SSSR count). The Bertz CT molecular complexity index is 308. The van der Waals surface area contributed by atoms with Gasteiger partial charge in [-0.15, -0.1) is 6.58 Å². The van der Waals surface area contributed by atoms with Crippen molar-refractivity contribution >= 4 is 12.6 Å². The lowest BCUT2D eigenvalue weighted by Gasteiger charge is -2.28. The van der Waals surface area contributed by atoms with E-state index in [0.717, 1.165) is 6.42 Å². The van der Waals surface area contributed by atoms with Gasteiger partial charge in [-0.05, 0) is 27.2 Å². The lowest BCUT2D eigenvalue weighted by atomic mass is 10.1. The second kappa shape index (κ2) is 5.21. The third-order valence-corrected chi connectivity index (χ3v) is 2.50. The Morgan fingerprint density at radius 3 is 2.59 bits per heavy atom. The first-order valence-corrected chi connectivity index (χ1v) is 5.60. The largest absolute Gasteiger partial charge is 0.444 e. The summed E-state index contributed by atoms with van der Waals surface area (Å²) in [6, 6.07) is 0. The molecule has 5 nitrogen and oxygen atoms in total. The molecule has 0 radical (unpaired) electrons. The van der Waals surface area contributed by atoms with Crippen molar-refractivity contribution in [3.8, 4) is 0 Å². The summed E-state index contributed by atoms with van der Waals surface area (Å²) in [6.07, 6.45) is 1.35. The molecule has 1 aliphatic rings. The molecular formula is C12H19NO4. The maximum absolute atomic E-state index is 11.9. The van der Waals surface area contributed by atoms with Crippen molar-refractivity contribution in [1.82, 2.24) is 4.90 Å². The van der Waals surface area contributed by atoms with Crippen LogP contribution in [0.1, 0.15) is 27.2 Å². The fraction of sp³-hybridized carbons (Fsp3) is 0.667. The van der Waals surface area contributed by atoms with Gasteiger partial charge in [-0.3, -0.25) is 9.69 Å². The van der Waals surface area contributed by atoms with Crippen molar-refractivity contribution in [2.75, 3.05) is 6.54 Å². The number of carbonyl (C=O) groups excluding carboxylic acids is 2. The molecule has 0 aliphatic carbocycles. The van der Waals surface area contributed by atoms with Crippen LogP contribution in [0.2, 0.25) is 0 Å². The third-order valence-electron chi connectivity index (χ3n) is 2.50. The van der Waals surface area contributed by atoms with Crippen LogP contribution in [0.5, 0.6) is 0 Å². The summed E-state index contributed by atoms with van der Waals surface area (Å²) >= 11 is 0. The molecule has 96 valence electrons. The highest BCUT2D eigenvalue weighted by molar-refractivity contribution is 5.69. The molecule has 5 heteroatoms. The molecule has 0 N–H and O–H groups in total. The number of nitrogens with zero attached hydrogens (tertiary/aromatic N) is 1. The lowest BCUT2D eigenvalue weighted by molar-refractivity contribution is -0.141. The highest BCUT2D eigenvalue weighted by Gasteiger charge is 2.39. The molecule has 1 amide bonds. The minimum Gasteiger partial charge on any atom is -0.444 e. The van der Waals surface area contributed by atoms with Gasteiger partial charge in [0.05, 0.1) is 0 Å². The summed E-state index contributed by atoms with van der Waals surface area (Å²) in [4.78, 5) is 23.7. The van der Waals surface area contributed by atoms with Crippen LogP contribution in [0.3, 0.4) is 0 Å². The quantitative estimate of drug-likeness (QED) is 0.559. The van der Waals surface area contributed by atoms with Crippen molar-refractivity contribution in [2.24, 2.45) is 5.92 Å². The Kier molecular flexibility index (Phi) is 4.15. The van der Waals surface area contributed by atoms with E-state index < -0.39 is 17.9 Å². The lowest BCUT2D eigenvalue weighted by Crippen LogP contribution is -2.42. The van der Waals surface area contributed by atoms with Gasteiger partial charge in [-0.1, -0.05) is 6.08 Å². The van der Waals surface area contributed by atoms with Crippen molar-refractivity contribution in [3.05, 3.63) is 12.7 Å². The Morgan fingerprint density at radius 1 is 1.47 bits per heavy atom. The SMILES string of the molecule is C=C[C@H]1CCN(C(=O)OC(C)(C)C)[C@H]1OC=O. The highest BCUT2D eigenvalue weighted by atomic mass is 16.6. The van der Waals surface area contributed by atoms with E-state index in [1.54, 1.807) is 26.8 Å². The predicted octanol–water partition coefficient (Wildman–Crippen LogP) is 1.93. The first-order chi connectivity index (χ1) is 7.89. The molecule has 1 heterocycles. The summed E-state index contributed by atoms with van der Waals surface area (Å²) in [7, 11) is 0. The highest BCUT2D eigenvalue weighted by Crippen LogP contribution is 2.27. The summed E-state index contributed by atoms with van der Waals surface area (Å²) in [5.41, 5.74) is -0.560. The molecule has 0 aromatic heterocycles. The van der Waals surface area contributed by atoms with Crippen molar-refractivity contribution in [3.63, 3.8) is 0 Å². The van der Waals surface area contributed by atoms with Gasteiger partial charge in [0.25, 0.3) is 6.47 Å². The minimum absolute atomic E-state index is 0.0345. The second-order valence-corrected chi connectivity index (χ2v) is 4.98. The number of carbonyl (C=O) groups is 2. The first kappa shape index (κ1) is 13.5. The number of likely N-dealkylation sites (tertiary alicyclic amines) is 1. The maximum Gasteiger partial charge on any atom is 0.413 e. The maximum atomic E-state index is 11.9. The number of amides is 1. The summed E-state index contributed by atoms with van der Waals surface area (Å²) in [5.74, 6) is -0.0345. The van der Waals surface area contributed by atoms with E-state index in [1.807, 2.05) is 0 Å². The first-order valence-electron chi connectivity index (χ1n) is 5.60. The smallest absolute Gasteiger partial charge is 0.413 e. The van der Waals surface area contributed by atoms with Gasteiger partial charge >= 0.3 is 6.09 Å². The standard InChI is InChI=1S/C12H19NO4/c1-5-9-6-7-13(10(9)16-8-14)11(15)17-12(2,3)4/h5,8-10H,1,6-7H2,2-4H3/t9-,10-/m0/s1. The molecule has 17 heavy (non-hydrogen) atoms. The van der Waals surface area contributed by atoms with Gasteiger partial charge in [0.2, 0.25) is 0 Å². The van der Waals surface area contributed by atoms with Crippen LogP contribution in [0, 0.1) is 5.92 Å². The van der Waals surface area contributed by atoms with Crippen LogP contribution in [0.15, 0.2) is 12.7 Å². The molecule has 2 atom stereocenters. The number of ether oxygens (including phenoxy) is 2. The summed E-state index contributed by atoms with van der Waals surface area (Å²) in [6.45, 7) is 9.90. The molecule has 0 spiro atoms. The summed E-state index contributed by atoms with van der Waals surface area (Å²) < 4.78 is 10.2. The molecule has 1 fully saturated rings. The van der Waals surface area contributed by atoms with Crippen LogP contribution >= 0.6 is 0 Å². The van der Waals surface area contributed by atoms with Gasteiger partial charge in [0.15, 0.2) is 6.23 Å². The third kappa shape index (κ3) is 3.47. The van der Waals surface area contributed by atoms with Gasteiger partial charge in [-0.2, -0.15) is 0 Å². The zero-order valence-corrected chi connectivity index (χ0v) is 10.5. The van der Waals surface area contributed by atoms with Gasteiger partial charge in [0.1, 0.15) is 5.60 Å². The van der Waals surface area contributed by atoms with E-state index in [2.05, 4.69) is 6.58 Å². The molecule has 0 saturated carbocycles. The van der Waals surface area contributed by atoms with Gasteiger partial charge < -0.3 is 9.47 Å². The molecule has 1 aliphatic heterocycles. The molecular weight excluding hydrogens is 222 g/mol. The molecule has 0 aromatic rings. The minimum atomic E-state index is -0.597. The number of rotatable bonds is 3. The van der Waals surface area contributed by atoms with Gasteiger partial charge in [-0.25, -0.2) is 4.79 Å².